The molecule has 2 aromatic rings. The second-order valence-corrected chi connectivity index (χ2v) is 6.41. The Morgan fingerprint density at radius 1 is 0.846 bits per heavy atom. The van der Waals surface area contributed by atoms with Crippen molar-refractivity contribution >= 4 is 28.9 Å². The zero-order valence-corrected chi connectivity index (χ0v) is 14.3. The number of benzene rings is 2. The average molecular weight is 351 g/mol. The predicted octanol–water partition coefficient (Wildman–Crippen LogP) is 4.93. The highest BCUT2D eigenvalue weighted by atomic mass is 16.4. The van der Waals surface area contributed by atoms with Gasteiger partial charge < -0.3 is 10.4 Å². The zero-order chi connectivity index (χ0) is 18.4. The van der Waals surface area contributed by atoms with E-state index in [0.29, 0.717) is 24.2 Å². The van der Waals surface area contributed by atoms with E-state index >= 15 is 0 Å². The predicted molar refractivity (Wildman–Crippen MR) is 98.8 cm³/mol. The summed E-state index contributed by atoms with van der Waals surface area (Å²) >= 11 is 0. The van der Waals surface area contributed by atoms with Gasteiger partial charge in [0.1, 0.15) is 0 Å². The molecule has 0 spiro atoms. The maximum absolute atomic E-state index is 12.5. The van der Waals surface area contributed by atoms with E-state index in [-0.39, 0.29) is 5.91 Å². The van der Waals surface area contributed by atoms with E-state index in [4.69, 9.17) is 0 Å². The monoisotopic (exact) mass is 351 g/mol. The molecule has 0 radical (unpaired) electrons. The Hall–Kier alpha value is -3.02. The number of carboxylic acid groups (broad SMARTS) is 1. The smallest absolute Gasteiger partial charge is 0.307 e. The summed E-state index contributed by atoms with van der Waals surface area (Å²) in [6.07, 6.45) is 2.93. The second-order valence-electron chi connectivity index (χ2n) is 6.41. The molecule has 1 aliphatic carbocycles. The van der Waals surface area contributed by atoms with Crippen LogP contribution in [0.5, 0.6) is 0 Å². The topological polar surface area (TPSA) is 91.1 Å². The summed E-state index contributed by atoms with van der Waals surface area (Å²) in [5.41, 5.74) is 2.07. The standard InChI is InChI=1S/C20H21N3O3/c24-19(17-8-4-5-9-18(17)20(25)26)21-14-10-12-16(13-11-14)23-22-15-6-2-1-3-7-15/h1-3,6-7,10-13,17-18H,4-5,8-9H2,(H,21,24)(H,25,26)/t17-,18-/m1/s1. The molecule has 1 amide bonds. The van der Waals surface area contributed by atoms with Crippen molar-refractivity contribution in [1.82, 2.24) is 0 Å². The van der Waals surface area contributed by atoms with Gasteiger partial charge in [0.25, 0.3) is 0 Å². The quantitative estimate of drug-likeness (QED) is 0.748. The van der Waals surface area contributed by atoms with Crippen molar-refractivity contribution in [2.75, 3.05) is 5.32 Å². The van der Waals surface area contributed by atoms with Crippen LogP contribution in [0.2, 0.25) is 0 Å². The molecule has 0 heterocycles. The van der Waals surface area contributed by atoms with Gasteiger partial charge in [-0.1, -0.05) is 31.0 Å². The van der Waals surface area contributed by atoms with Crippen LogP contribution in [0.25, 0.3) is 0 Å². The summed E-state index contributed by atoms with van der Waals surface area (Å²) < 4.78 is 0. The lowest BCUT2D eigenvalue weighted by atomic mass is 9.78. The second kappa shape index (κ2) is 8.38. The molecule has 1 saturated carbocycles. The van der Waals surface area contributed by atoms with E-state index < -0.39 is 17.8 Å². The normalized spacial score (nSPS) is 20.0. The van der Waals surface area contributed by atoms with Crippen LogP contribution < -0.4 is 5.32 Å². The van der Waals surface area contributed by atoms with Crippen molar-refractivity contribution in [3.63, 3.8) is 0 Å². The first-order chi connectivity index (χ1) is 12.6. The lowest BCUT2D eigenvalue weighted by Gasteiger charge is -2.27. The number of hydrogen-bond acceptors (Lipinski definition) is 4. The minimum atomic E-state index is -0.887. The first-order valence-electron chi connectivity index (χ1n) is 8.74. The number of carboxylic acids is 1. The molecule has 2 atom stereocenters. The van der Waals surface area contributed by atoms with Crippen LogP contribution >= 0.6 is 0 Å². The molecule has 134 valence electrons. The van der Waals surface area contributed by atoms with E-state index in [0.717, 1.165) is 18.5 Å². The highest BCUT2D eigenvalue weighted by Crippen LogP contribution is 2.31. The molecule has 0 saturated heterocycles. The molecule has 0 aliphatic heterocycles. The van der Waals surface area contributed by atoms with Gasteiger partial charge >= 0.3 is 5.97 Å². The number of anilines is 1. The van der Waals surface area contributed by atoms with E-state index in [2.05, 4.69) is 15.5 Å². The van der Waals surface area contributed by atoms with Crippen LogP contribution in [0.4, 0.5) is 17.1 Å². The molecule has 1 aliphatic rings. The van der Waals surface area contributed by atoms with Gasteiger partial charge in [0.15, 0.2) is 0 Å². The fraction of sp³-hybridized carbons (Fsp3) is 0.300. The Balaban J connectivity index is 1.62. The molecule has 0 bridgehead atoms. The maximum Gasteiger partial charge on any atom is 0.307 e. The lowest BCUT2D eigenvalue weighted by molar-refractivity contribution is -0.147. The summed E-state index contributed by atoms with van der Waals surface area (Å²) in [7, 11) is 0. The fourth-order valence-electron chi connectivity index (χ4n) is 3.20. The van der Waals surface area contributed by atoms with Gasteiger partial charge in [0, 0.05) is 5.69 Å². The summed E-state index contributed by atoms with van der Waals surface area (Å²) in [5.74, 6) is -2.18. The summed E-state index contributed by atoms with van der Waals surface area (Å²) in [6.45, 7) is 0. The number of carbonyl (C=O) groups excluding carboxylic acids is 1. The van der Waals surface area contributed by atoms with Crippen LogP contribution in [-0.2, 0) is 9.59 Å². The third-order valence-corrected chi connectivity index (χ3v) is 4.59. The van der Waals surface area contributed by atoms with Crippen LogP contribution in [0.3, 0.4) is 0 Å². The maximum atomic E-state index is 12.5. The third kappa shape index (κ3) is 4.53. The van der Waals surface area contributed by atoms with Crippen molar-refractivity contribution in [3.8, 4) is 0 Å². The SMILES string of the molecule is O=C(O)[C@@H]1CCCC[C@H]1C(=O)Nc1ccc(N=Nc2ccccc2)cc1. The van der Waals surface area contributed by atoms with Crippen molar-refractivity contribution < 1.29 is 14.7 Å². The molecule has 6 nitrogen and oxygen atoms in total. The highest BCUT2D eigenvalue weighted by molar-refractivity contribution is 5.95. The van der Waals surface area contributed by atoms with E-state index in [1.165, 1.54) is 0 Å². The van der Waals surface area contributed by atoms with Crippen LogP contribution in [0, 0.1) is 11.8 Å². The number of azo groups is 1. The number of carbonyl (C=O) groups is 2. The molecule has 0 aromatic heterocycles. The van der Waals surface area contributed by atoms with E-state index in [1.54, 1.807) is 24.3 Å². The van der Waals surface area contributed by atoms with Gasteiger partial charge in [-0.2, -0.15) is 10.2 Å². The van der Waals surface area contributed by atoms with Crippen molar-refractivity contribution in [2.24, 2.45) is 22.1 Å². The third-order valence-electron chi connectivity index (χ3n) is 4.59. The van der Waals surface area contributed by atoms with Crippen LogP contribution in [0.1, 0.15) is 25.7 Å². The lowest BCUT2D eigenvalue weighted by Crippen LogP contribution is -2.36. The Kier molecular flexibility index (Phi) is 5.73. The number of aliphatic carboxylic acids is 1. The molecule has 3 rings (SSSR count). The Labute approximate surface area is 152 Å². The number of rotatable bonds is 5. The molecule has 1 fully saturated rings. The Morgan fingerprint density at radius 3 is 2.04 bits per heavy atom. The minimum Gasteiger partial charge on any atom is -0.481 e. The number of hydrogen-bond donors (Lipinski definition) is 2. The molecular weight excluding hydrogens is 330 g/mol. The van der Waals surface area contributed by atoms with Gasteiger partial charge in [-0.15, -0.1) is 0 Å². The highest BCUT2D eigenvalue weighted by Gasteiger charge is 2.35. The van der Waals surface area contributed by atoms with Crippen LogP contribution in [0.15, 0.2) is 64.8 Å². The first-order valence-corrected chi connectivity index (χ1v) is 8.74. The molecule has 26 heavy (non-hydrogen) atoms. The first kappa shape index (κ1) is 17.8. The van der Waals surface area contributed by atoms with E-state index in [1.807, 2.05) is 30.3 Å². The summed E-state index contributed by atoms with van der Waals surface area (Å²) in [5, 5.41) is 20.4. The Morgan fingerprint density at radius 2 is 1.42 bits per heavy atom. The molecular formula is C20H21N3O3. The number of nitrogens with zero attached hydrogens (tertiary/aromatic N) is 2. The van der Waals surface area contributed by atoms with E-state index in [9.17, 15) is 14.7 Å². The van der Waals surface area contributed by atoms with Gasteiger partial charge in [-0.05, 0) is 49.2 Å². The minimum absolute atomic E-state index is 0.226. The van der Waals surface area contributed by atoms with Gasteiger partial charge in [0.05, 0.1) is 23.2 Å². The molecule has 2 N–H and O–H groups in total. The van der Waals surface area contributed by atoms with Crippen molar-refractivity contribution in [1.29, 1.82) is 0 Å². The van der Waals surface area contributed by atoms with Gasteiger partial charge in [-0.3, -0.25) is 9.59 Å². The van der Waals surface area contributed by atoms with Crippen LogP contribution in [-0.4, -0.2) is 17.0 Å². The summed E-state index contributed by atoms with van der Waals surface area (Å²) in [6, 6.07) is 16.4. The fourth-order valence-corrected chi connectivity index (χ4v) is 3.20. The Bertz CT molecular complexity index is 788. The largest absolute Gasteiger partial charge is 0.481 e. The average Bonchev–Trinajstić information content (AvgIpc) is 2.68. The molecule has 6 heteroatoms. The van der Waals surface area contributed by atoms with Gasteiger partial charge in [-0.25, -0.2) is 0 Å². The summed E-state index contributed by atoms with van der Waals surface area (Å²) in [4.78, 5) is 23.8. The molecule has 2 aromatic carbocycles. The van der Waals surface area contributed by atoms with Crippen molar-refractivity contribution in [3.05, 3.63) is 54.6 Å². The number of nitrogens with one attached hydrogen (secondary N) is 1. The number of amides is 1. The molecule has 0 unspecified atom stereocenters. The van der Waals surface area contributed by atoms with Crippen molar-refractivity contribution in [2.45, 2.75) is 25.7 Å². The zero-order valence-electron chi connectivity index (χ0n) is 14.3. The van der Waals surface area contributed by atoms with Gasteiger partial charge in [0.2, 0.25) is 5.91 Å².